The third-order valence-corrected chi connectivity index (χ3v) is 0.508. The average molecular weight is 146 g/mol. The van der Waals surface area contributed by atoms with Crippen molar-refractivity contribution in [1.29, 1.82) is 0 Å². The maximum absolute atomic E-state index is 9.32. The zero-order valence-electron chi connectivity index (χ0n) is 2.99. The Morgan fingerprint density at radius 2 is 2.33 bits per heavy atom. The van der Waals surface area contributed by atoms with Crippen LogP contribution in [0.15, 0.2) is 0 Å². The van der Waals surface area contributed by atoms with E-state index in [2.05, 4.69) is 26.7 Å². The zero-order valence-corrected chi connectivity index (χ0v) is 4.58. The first-order valence-corrected chi connectivity index (χ1v) is 2.14. The summed E-state index contributed by atoms with van der Waals surface area (Å²) in [5, 5.41) is 0. The van der Waals surface area contributed by atoms with Crippen molar-refractivity contribution in [2.45, 2.75) is 6.42 Å². The molecule has 0 spiro atoms. The van der Waals surface area contributed by atoms with Gasteiger partial charge in [-0.3, -0.25) is 4.79 Å². The maximum atomic E-state index is 9.32. The fraction of sp³-hybridized carbons (Fsp3) is 0.250. The molecular weight excluding hydrogens is 144 g/mol. The van der Waals surface area contributed by atoms with Gasteiger partial charge in [-0.25, -0.2) is 0 Å². The summed E-state index contributed by atoms with van der Waals surface area (Å²) < 4.78 is 0. The molecular formula is C4H2BrO. The van der Waals surface area contributed by atoms with Crippen LogP contribution in [-0.4, -0.2) is 6.29 Å². The highest BCUT2D eigenvalue weighted by atomic mass is 79.9. The molecule has 0 amide bonds. The molecule has 0 saturated heterocycles. The van der Waals surface area contributed by atoms with Gasteiger partial charge in [0.25, 0.3) is 0 Å². The van der Waals surface area contributed by atoms with Crippen molar-refractivity contribution in [2.75, 3.05) is 0 Å². The van der Waals surface area contributed by atoms with Gasteiger partial charge >= 0.3 is 0 Å². The second-order valence-corrected chi connectivity index (χ2v) is 0.989. The Balaban J connectivity index is 3.00. The number of hydrogen-bond acceptors (Lipinski definition) is 1. The lowest BCUT2D eigenvalue weighted by molar-refractivity contribution is 0.556. The summed E-state index contributed by atoms with van der Waals surface area (Å²) in [6, 6.07) is 0. The summed E-state index contributed by atoms with van der Waals surface area (Å²) in [4.78, 5) is 11.7. The molecule has 1 radical (unpaired) electrons. The molecule has 31 valence electrons. The molecule has 2 heteroatoms. The van der Waals surface area contributed by atoms with Gasteiger partial charge in [-0.15, -0.1) is 0 Å². The molecule has 0 heterocycles. The van der Waals surface area contributed by atoms with Gasteiger partial charge in [0.1, 0.15) is 0 Å². The van der Waals surface area contributed by atoms with Crippen LogP contribution in [0.4, 0.5) is 0 Å². The molecule has 0 rings (SSSR count). The van der Waals surface area contributed by atoms with Crippen LogP contribution in [-0.2, 0) is 4.79 Å². The Labute approximate surface area is 44.9 Å². The third kappa shape index (κ3) is 3.71. The van der Waals surface area contributed by atoms with Crippen molar-refractivity contribution >= 4 is 22.2 Å². The molecule has 0 aliphatic heterocycles. The van der Waals surface area contributed by atoms with Crippen molar-refractivity contribution < 1.29 is 4.79 Å². The Hall–Kier alpha value is -0.290. The van der Waals surface area contributed by atoms with Crippen molar-refractivity contribution in [2.24, 2.45) is 0 Å². The van der Waals surface area contributed by atoms with Crippen molar-refractivity contribution in [3.8, 4) is 10.8 Å². The van der Waals surface area contributed by atoms with Crippen LogP contribution in [0.25, 0.3) is 0 Å². The number of hydrogen-bond donors (Lipinski definition) is 0. The van der Waals surface area contributed by atoms with Gasteiger partial charge in [0.05, 0.1) is 6.42 Å². The van der Waals surface area contributed by atoms with Crippen LogP contribution in [0.5, 0.6) is 0 Å². The normalized spacial score (nSPS) is 5.50. The van der Waals surface area contributed by atoms with E-state index in [0.717, 1.165) is 0 Å². The molecule has 0 saturated carbocycles. The second-order valence-electron chi connectivity index (χ2n) is 0.592. The van der Waals surface area contributed by atoms with E-state index in [1.54, 1.807) is 6.29 Å². The van der Waals surface area contributed by atoms with E-state index in [-0.39, 0.29) is 6.42 Å². The molecule has 0 unspecified atom stereocenters. The van der Waals surface area contributed by atoms with Gasteiger partial charge in [0.15, 0.2) is 0 Å². The Morgan fingerprint density at radius 3 is 2.50 bits per heavy atom. The fourth-order valence-electron chi connectivity index (χ4n) is 0.0695. The second kappa shape index (κ2) is 4.71. The monoisotopic (exact) mass is 145 g/mol. The van der Waals surface area contributed by atoms with Crippen LogP contribution >= 0.6 is 15.9 Å². The minimum absolute atomic E-state index is 0.200. The first-order chi connectivity index (χ1) is 2.91. The molecule has 0 aliphatic rings. The van der Waals surface area contributed by atoms with E-state index in [1.807, 2.05) is 0 Å². The highest BCUT2D eigenvalue weighted by Crippen LogP contribution is 1.70. The Bertz CT molecular complexity index is 87.5. The lowest BCUT2D eigenvalue weighted by atomic mass is 10.5. The predicted octanol–water partition coefficient (Wildman–Crippen LogP) is 0.842. The van der Waals surface area contributed by atoms with Crippen LogP contribution in [0.1, 0.15) is 6.42 Å². The summed E-state index contributed by atoms with van der Waals surface area (Å²) in [5.41, 5.74) is 0. The minimum Gasteiger partial charge on any atom is -0.290 e. The first-order valence-electron chi connectivity index (χ1n) is 1.35. The lowest BCUT2D eigenvalue weighted by Gasteiger charge is -1.56. The topological polar surface area (TPSA) is 17.1 Å². The smallest absolute Gasteiger partial charge is 0.211 e. The van der Waals surface area contributed by atoms with Crippen LogP contribution in [0, 0.1) is 10.8 Å². The van der Waals surface area contributed by atoms with E-state index in [1.165, 1.54) is 0 Å². The Kier molecular flexibility index (Phi) is 4.48. The highest BCUT2D eigenvalue weighted by Gasteiger charge is 1.64. The quantitative estimate of drug-likeness (QED) is 0.501. The first kappa shape index (κ1) is 5.71. The lowest BCUT2D eigenvalue weighted by Crippen LogP contribution is -1.61. The third-order valence-electron chi connectivity index (χ3n) is 0.227. The minimum atomic E-state index is 0.200. The molecule has 0 aromatic heterocycles. The summed E-state index contributed by atoms with van der Waals surface area (Å²) in [5.74, 6) is 2.44. The van der Waals surface area contributed by atoms with Gasteiger partial charge in [-0.05, 0) is 4.83 Å². The van der Waals surface area contributed by atoms with Crippen molar-refractivity contribution in [3.05, 3.63) is 0 Å². The van der Waals surface area contributed by atoms with E-state index in [0.29, 0.717) is 0 Å². The van der Waals surface area contributed by atoms with E-state index >= 15 is 0 Å². The molecule has 0 N–H and O–H groups in total. The highest BCUT2D eigenvalue weighted by molar-refractivity contribution is 9.12. The Morgan fingerprint density at radius 1 is 1.67 bits per heavy atom. The number of halogens is 1. The molecule has 0 bridgehead atoms. The standard InChI is InChI=1S/C4H2BrO/c5-3-1-2-4-6/h2H2. The summed E-state index contributed by atoms with van der Waals surface area (Å²) in [7, 11) is 0. The maximum Gasteiger partial charge on any atom is 0.211 e. The van der Waals surface area contributed by atoms with Crippen molar-refractivity contribution in [3.63, 3.8) is 0 Å². The van der Waals surface area contributed by atoms with Crippen molar-refractivity contribution in [1.82, 2.24) is 0 Å². The molecule has 0 aromatic carbocycles. The molecule has 1 nitrogen and oxygen atoms in total. The zero-order chi connectivity index (χ0) is 4.83. The number of rotatable bonds is 1. The molecule has 0 aromatic rings. The number of carbonyl (C=O) groups excluding carboxylic acids is 1. The SMILES string of the molecule is O=[C]CC#CBr. The van der Waals surface area contributed by atoms with Gasteiger partial charge in [-0.2, -0.15) is 0 Å². The van der Waals surface area contributed by atoms with Crippen LogP contribution in [0.2, 0.25) is 0 Å². The van der Waals surface area contributed by atoms with Gasteiger partial charge in [0, 0.05) is 15.9 Å². The van der Waals surface area contributed by atoms with E-state index in [4.69, 9.17) is 0 Å². The largest absolute Gasteiger partial charge is 0.290 e. The molecule has 6 heavy (non-hydrogen) atoms. The van der Waals surface area contributed by atoms with Gasteiger partial charge in [0.2, 0.25) is 6.29 Å². The summed E-state index contributed by atoms with van der Waals surface area (Å²) in [6.07, 6.45) is 1.81. The van der Waals surface area contributed by atoms with Crippen LogP contribution in [0.3, 0.4) is 0 Å². The van der Waals surface area contributed by atoms with Crippen LogP contribution < -0.4 is 0 Å². The molecule has 0 fully saturated rings. The molecule has 0 aliphatic carbocycles. The predicted molar refractivity (Wildman–Crippen MR) is 27.0 cm³/mol. The fourth-order valence-corrected chi connectivity index (χ4v) is 0.210. The van der Waals surface area contributed by atoms with Gasteiger partial charge < -0.3 is 0 Å². The van der Waals surface area contributed by atoms with Gasteiger partial charge in [-0.1, -0.05) is 5.92 Å². The van der Waals surface area contributed by atoms with E-state index < -0.39 is 0 Å². The average Bonchev–Trinajstić information content (AvgIpc) is 1.61. The summed E-state index contributed by atoms with van der Waals surface area (Å²) in [6.45, 7) is 0. The summed E-state index contributed by atoms with van der Waals surface area (Å²) >= 11 is 2.81. The van der Waals surface area contributed by atoms with E-state index in [9.17, 15) is 4.79 Å². The molecule has 0 atom stereocenters.